The number of hydrogen-bond donors (Lipinski definition) is 1. The Balaban J connectivity index is 1.63. The van der Waals surface area contributed by atoms with Crippen molar-refractivity contribution in [2.45, 2.75) is 6.54 Å². The van der Waals surface area contributed by atoms with Crippen molar-refractivity contribution in [3.05, 3.63) is 58.2 Å². The van der Waals surface area contributed by atoms with E-state index in [1.54, 1.807) is 42.5 Å². The number of carbonyl (C=O) groups is 2. The number of ether oxygens (including phenoxy) is 3. The van der Waals surface area contributed by atoms with Gasteiger partial charge in [0.1, 0.15) is 11.4 Å². The number of halogens is 1. The molecule has 0 unspecified atom stereocenters. The van der Waals surface area contributed by atoms with Gasteiger partial charge in [0.05, 0.1) is 13.7 Å². The average molecular weight is 387 g/mol. The topological polar surface area (TPSA) is 77.1 Å². The van der Waals surface area contributed by atoms with Gasteiger partial charge in [-0.05, 0) is 23.8 Å². The second-order valence-electron chi connectivity index (χ2n) is 5.92. The highest BCUT2D eigenvalue weighted by atomic mass is 35.5. The fraction of sp³-hybridized carbons (Fsp3) is 0.158. The van der Waals surface area contributed by atoms with Gasteiger partial charge in [0.25, 0.3) is 5.91 Å². The van der Waals surface area contributed by atoms with Crippen molar-refractivity contribution >= 4 is 29.6 Å². The minimum atomic E-state index is -0.508. The molecule has 2 aromatic rings. The van der Waals surface area contributed by atoms with E-state index in [4.69, 9.17) is 25.8 Å². The standard InChI is InChI=1S/C19H15ClN2O5/c1-25-15-8-17-16(26-10-27-17)7-12(15)6-14-18(23)22(19(24)21-14)9-11-4-2-3-5-13(11)20/h2-8H,9-10H2,1H3,(H,21,24)/b14-6-. The number of nitrogens with zero attached hydrogens (tertiary/aromatic N) is 1. The van der Waals surface area contributed by atoms with E-state index < -0.39 is 11.9 Å². The molecule has 0 aromatic heterocycles. The van der Waals surface area contributed by atoms with Crippen molar-refractivity contribution in [1.82, 2.24) is 10.2 Å². The zero-order valence-electron chi connectivity index (χ0n) is 14.3. The minimum absolute atomic E-state index is 0.0833. The van der Waals surface area contributed by atoms with E-state index in [1.807, 2.05) is 0 Å². The molecule has 0 atom stereocenters. The first-order valence-electron chi connectivity index (χ1n) is 8.12. The molecule has 2 aliphatic rings. The molecule has 0 bridgehead atoms. The summed E-state index contributed by atoms with van der Waals surface area (Å²) in [7, 11) is 1.51. The van der Waals surface area contributed by atoms with E-state index in [-0.39, 0.29) is 19.0 Å². The first-order valence-corrected chi connectivity index (χ1v) is 8.50. The lowest BCUT2D eigenvalue weighted by atomic mass is 10.1. The molecule has 2 heterocycles. The largest absolute Gasteiger partial charge is 0.496 e. The molecule has 1 fully saturated rings. The predicted octanol–water partition coefficient (Wildman–Crippen LogP) is 3.17. The first-order chi connectivity index (χ1) is 13.1. The fourth-order valence-electron chi connectivity index (χ4n) is 2.90. The summed E-state index contributed by atoms with van der Waals surface area (Å²) in [4.78, 5) is 26.1. The molecule has 0 radical (unpaired) electrons. The summed E-state index contributed by atoms with van der Waals surface area (Å²) in [5, 5.41) is 3.08. The number of urea groups is 1. The van der Waals surface area contributed by atoms with E-state index in [0.29, 0.717) is 33.4 Å². The Labute approximate surface area is 160 Å². The number of amides is 3. The fourth-order valence-corrected chi connectivity index (χ4v) is 3.09. The van der Waals surface area contributed by atoms with E-state index in [2.05, 4.69) is 5.32 Å². The Hall–Kier alpha value is -3.19. The van der Waals surface area contributed by atoms with Crippen LogP contribution >= 0.6 is 11.6 Å². The summed E-state index contributed by atoms with van der Waals surface area (Å²) in [6.45, 7) is 0.208. The monoisotopic (exact) mass is 386 g/mol. The van der Waals surface area contributed by atoms with Gasteiger partial charge in [-0.1, -0.05) is 29.8 Å². The van der Waals surface area contributed by atoms with Crippen molar-refractivity contribution in [2.75, 3.05) is 13.9 Å². The van der Waals surface area contributed by atoms with Crippen LogP contribution in [0.2, 0.25) is 5.02 Å². The van der Waals surface area contributed by atoms with E-state index >= 15 is 0 Å². The van der Waals surface area contributed by atoms with Gasteiger partial charge in [-0.15, -0.1) is 0 Å². The minimum Gasteiger partial charge on any atom is -0.496 e. The Kier molecular flexibility index (Phi) is 4.37. The Bertz CT molecular complexity index is 973. The molecule has 0 aliphatic carbocycles. The van der Waals surface area contributed by atoms with E-state index in [0.717, 1.165) is 4.90 Å². The molecule has 0 saturated carbocycles. The van der Waals surface area contributed by atoms with Gasteiger partial charge in [-0.25, -0.2) is 4.79 Å². The number of methoxy groups -OCH3 is 1. The zero-order chi connectivity index (χ0) is 19.0. The molecular weight excluding hydrogens is 372 g/mol. The lowest BCUT2D eigenvalue weighted by Crippen LogP contribution is -2.30. The van der Waals surface area contributed by atoms with Crippen molar-refractivity contribution in [3.63, 3.8) is 0 Å². The molecule has 1 N–H and O–H groups in total. The second kappa shape index (κ2) is 6.85. The van der Waals surface area contributed by atoms with Gasteiger partial charge in [0, 0.05) is 16.7 Å². The summed E-state index contributed by atoms with van der Waals surface area (Å²) in [6, 6.07) is 9.94. The molecule has 8 heteroatoms. The predicted molar refractivity (Wildman–Crippen MR) is 97.6 cm³/mol. The summed E-state index contributed by atoms with van der Waals surface area (Å²) in [5.41, 5.74) is 1.42. The highest BCUT2D eigenvalue weighted by Crippen LogP contribution is 2.39. The average Bonchev–Trinajstić information content (AvgIpc) is 3.22. The van der Waals surface area contributed by atoms with Crippen LogP contribution in [0, 0.1) is 0 Å². The normalized spacial score (nSPS) is 16.8. The number of hydrogen-bond acceptors (Lipinski definition) is 5. The smallest absolute Gasteiger partial charge is 0.329 e. The van der Waals surface area contributed by atoms with Gasteiger partial charge in [-0.3, -0.25) is 9.69 Å². The summed E-state index contributed by atoms with van der Waals surface area (Å²) in [5.74, 6) is 1.17. The summed E-state index contributed by atoms with van der Waals surface area (Å²) < 4.78 is 16.0. The Morgan fingerprint density at radius 3 is 2.70 bits per heavy atom. The summed E-state index contributed by atoms with van der Waals surface area (Å²) >= 11 is 6.13. The third-order valence-corrected chi connectivity index (χ3v) is 4.64. The first kappa shape index (κ1) is 17.2. The van der Waals surface area contributed by atoms with Crippen LogP contribution < -0.4 is 19.5 Å². The lowest BCUT2D eigenvalue weighted by Gasteiger charge is -2.12. The van der Waals surface area contributed by atoms with Gasteiger partial charge in [0.2, 0.25) is 6.79 Å². The molecule has 3 amide bonds. The molecular formula is C19H15ClN2O5. The number of rotatable bonds is 4. The maximum Gasteiger partial charge on any atom is 0.329 e. The molecule has 7 nitrogen and oxygen atoms in total. The van der Waals surface area contributed by atoms with Gasteiger partial charge < -0.3 is 19.5 Å². The Morgan fingerprint density at radius 2 is 1.96 bits per heavy atom. The second-order valence-corrected chi connectivity index (χ2v) is 6.33. The van der Waals surface area contributed by atoms with E-state index in [1.165, 1.54) is 7.11 Å². The van der Waals surface area contributed by atoms with Crippen LogP contribution in [0.4, 0.5) is 4.79 Å². The number of nitrogens with one attached hydrogen (secondary N) is 1. The third kappa shape index (κ3) is 3.17. The van der Waals surface area contributed by atoms with Crippen molar-refractivity contribution in [3.8, 4) is 17.2 Å². The quantitative estimate of drug-likeness (QED) is 0.645. The maximum absolute atomic E-state index is 12.7. The lowest BCUT2D eigenvalue weighted by molar-refractivity contribution is -0.123. The number of benzene rings is 2. The van der Waals surface area contributed by atoms with Crippen LogP contribution in [0.15, 0.2) is 42.1 Å². The molecule has 138 valence electrons. The van der Waals surface area contributed by atoms with Crippen LogP contribution in [0.5, 0.6) is 17.2 Å². The molecule has 2 aromatic carbocycles. The molecule has 27 heavy (non-hydrogen) atoms. The molecule has 0 spiro atoms. The van der Waals surface area contributed by atoms with Crippen LogP contribution in [-0.2, 0) is 11.3 Å². The highest BCUT2D eigenvalue weighted by molar-refractivity contribution is 6.31. The molecule has 1 saturated heterocycles. The van der Waals surface area contributed by atoms with Gasteiger partial charge in [0.15, 0.2) is 11.5 Å². The number of fused-ring (bicyclic) bond motifs is 1. The van der Waals surface area contributed by atoms with Crippen LogP contribution in [0.25, 0.3) is 6.08 Å². The SMILES string of the molecule is COc1cc2c(cc1/C=C1\NC(=O)N(Cc3ccccc3Cl)C1=O)OCO2. The van der Waals surface area contributed by atoms with Crippen molar-refractivity contribution in [1.29, 1.82) is 0 Å². The van der Waals surface area contributed by atoms with Crippen LogP contribution in [0.1, 0.15) is 11.1 Å². The third-order valence-electron chi connectivity index (χ3n) is 4.27. The van der Waals surface area contributed by atoms with Crippen molar-refractivity contribution in [2.24, 2.45) is 0 Å². The summed E-state index contributed by atoms with van der Waals surface area (Å²) in [6.07, 6.45) is 1.55. The van der Waals surface area contributed by atoms with E-state index in [9.17, 15) is 9.59 Å². The maximum atomic E-state index is 12.7. The molecule has 4 rings (SSSR count). The highest BCUT2D eigenvalue weighted by Gasteiger charge is 2.34. The number of carbonyl (C=O) groups excluding carboxylic acids is 2. The Morgan fingerprint density at radius 1 is 1.22 bits per heavy atom. The van der Waals surface area contributed by atoms with Crippen LogP contribution in [-0.4, -0.2) is 30.7 Å². The molecule has 2 aliphatic heterocycles. The van der Waals surface area contributed by atoms with Gasteiger partial charge >= 0.3 is 6.03 Å². The van der Waals surface area contributed by atoms with Crippen molar-refractivity contribution < 1.29 is 23.8 Å². The van der Waals surface area contributed by atoms with Crippen LogP contribution in [0.3, 0.4) is 0 Å². The van der Waals surface area contributed by atoms with Gasteiger partial charge in [-0.2, -0.15) is 0 Å². The number of imide groups is 1. The zero-order valence-corrected chi connectivity index (χ0v) is 15.1.